The maximum Gasteiger partial charge on any atom is 0.239 e. The van der Waals surface area contributed by atoms with Crippen molar-refractivity contribution in [2.45, 2.75) is 52.0 Å². The van der Waals surface area contributed by atoms with Crippen LogP contribution in [0.4, 0.5) is 0 Å². The molecule has 1 atom stereocenters. The summed E-state index contributed by atoms with van der Waals surface area (Å²) in [4.78, 5) is 25.7. The van der Waals surface area contributed by atoms with Gasteiger partial charge in [0.25, 0.3) is 0 Å². The first-order valence-corrected chi connectivity index (χ1v) is 7.42. The second-order valence-electron chi connectivity index (χ2n) is 5.29. The second-order valence-corrected chi connectivity index (χ2v) is 5.29. The summed E-state index contributed by atoms with van der Waals surface area (Å²) in [7, 11) is 0. The van der Waals surface area contributed by atoms with Crippen molar-refractivity contribution in [3.05, 3.63) is 0 Å². The van der Waals surface area contributed by atoms with Crippen molar-refractivity contribution in [2.75, 3.05) is 19.6 Å². The maximum atomic E-state index is 12.0. The summed E-state index contributed by atoms with van der Waals surface area (Å²) in [6.07, 6.45) is 4.10. The fourth-order valence-electron chi connectivity index (χ4n) is 2.42. The molecule has 1 aliphatic rings. The molecule has 2 amide bonds. The van der Waals surface area contributed by atoms with Gasteiger partial charge in [-0.05, 0) is 25.7 Å². The van der Waals surface area contributed by atoms with E-state index in [0.717, 1.165) is 38.6 Å². The summed E-state index contributed by atoms with van der Waals surface area (Å²) in [6.45, 7) is 6.11. The summed E-state index contributed by atoms with van der Waals surface area (Å²) >= 11 is 0. The molecule has 0 radical (unpaired) electrons. The minimum atomic E-state index is -0.379. The van der Waals surface area contributed by atoms with E-state index in [0.29, 0.717) is 13.1 Å². The van der Waals surface area contributed by atoms with Crippen molar-refractivity contribution >= 4 is 11.8 Å². The lowest BCUT2D eigenvalue weighted by Crippen LogP contribution is -2.48. The number of nitrogens with one attached hydrogen (secondary N) is 1. The third-order valence-electron chi connectivity index (χ3n) is 3.64. The Bertz CT molecular complexity index is 299. The van der Waals surface area contributed by atoms with E-state index in [-0.39, 0.29) is 23.8 Å². The summed E-state index contributed by atoms with van der Waals surface area (Å²) in [5.74, 6) is 0.221. The lowest BCUT2D eigenvalue weighted by Gasteiger charge is -2.32. The quantitative estimate of drug-likeness (QED) is 0.751. The number of amides is 2. The van der Waals surface area contributed by atoms with E-state index in [1.54, 1.807) is 0 Å². The lowest BCUT2D eigenvalue weighted by molar-refractivity contribution is -0.136. The van der Waals surface area contributed by atoms with Gasteiger partial charge in [-0.1, -0.05) is 20.3 Å². The Morgan fingerprint density at radius 3 is 2.42 bits per heavy atom. The summed E-state index contributed by atoms with van der Waals surface area (Å²) in [5, 5.41) is 2.92. The zero-order chi connectivity index (χ0) is 14.3. The first-order valence-electron chi connectivity index (χ1n) is 7.42. The van der Waals surface area contributed by atoms with Crippen molar-refractivity contribution in [1.82, 2.24) is 10.2 Å². The van der Waals surface area contributed by atoms with Gasteiger partial charge in [0.2, 0.25) is 11.8 Å². The molecule has 1 aliphatic heterocycles. The molecule has 1 rings (SSSR count). The lowest BCUT2D eigenvalue weighted by atomic mass is 9.95. The van der Waals surface area contributed by atoms with Crippen LogP contribution in [0, 0.1) is 5.92 Å². The van der Waals surface area contributed by atoms with Crippen molar-refractivity contribution < 1.29 is 9.59 Å². The fourth-order valence-corrected chi connectivity index (χ4v) is 2.42. The van der Waals surface area contributed by atoms with Crippen LogP contribution in [0.3, 0.4) is 0 Å². The highest BCUT2D eigenvalue weighted by atomic mass is 16.2. The highest BCUT2D eigenvalue weighted by Crippen LogP contribution is 2.18. The Hall–Kier alpha value is -1.10. The van der Waals surface area contributed by atoms with Crippen molar-refractivity contribution in [3.63, 3.8) is 0 Å². The highest BCUT2D eigenvalue weighted by molar-refractivity contribution is 5.82. The smallest absolute Gasteiger partial charge is 0.239 e. The summed E-state index contributed by atoms with van der Waals surface area (Å²) in [5.41, 5.74) is 5.85. The summed E-state index contributed by atoms with van der Waals surface area (Å²) in [6, 6.07) is -0.379. The van der Waals surface area contributed by atoms with Crippen LogP contribution in [0.5, 0.6) is 0 Å². The van der Waals surface area contributed by atoms with E-state index in [1.165, 1.54) is 0 Å². The zero-order valence-electron chi connectivity index (χ0n) is 12.2. The molecule has 1 saturated heterocycles. The molecule has 1 unspecified atom stereocenters. The number of rotatable bonds is 6. The van der Waals surface area contributed by atoms with Gasteiger partial charge in [0, 0.05) is 25.6 Å². The number of hydrogen-bond acceptors (Lipinski definition) is 3. The van der Waals surface area contributed by atoms with Gasteiger partial charge in [-0.3, -0.25) is 9.59 Å². The van der Waals surface area contributed by atoms with E-state index < -0.39 is 0 Å². The predicted molar refractivity (Wildman–Crippen MR) is 75.5 cm³/mol. The largest absolute Gasteiger partial charge is 0.356 e. The van der Waals surface area contributed by atoms with Crippen molar-refractivity contribution in [2.24, 2.45) is 11.7 Å². The van der Waals surface area contributed by atoms with Crippen LogP contribution in [0.1, 0.15) is 46.0 Å². The third kappa shape index (κ3) is 4.82. The molecule has 0 bridgehead atoms. The number of carbonyl (C=O) groups is 2. The Balaban J connectivity index is 2.36. The van der Waals surface area contributed by atoms with E-state index in [4.69, 9.17) is 5.73 Å². The van der Waals surface area contributed by atoms with Crippen LogP contribution in [0.25, 0.3) is 0 Å². The molecule has 110 valence electrons. The van der Waals surface area contributed by atoms with Crippen LogP contribution < -0.4 is 11.1 Å². The molecule has 0 aromatic heterocycles. The minimum absolute atomic E-state index is 0.0364. The van der Waals surface area contributed by atoms with E-state index >= 15 is 0 Å². The summed E-state index contributed by atoms with van der Waals surface area (Å²) < 4.78 is 0. The van der Waals surface area contributed by atoms with Gasteiger partial charge >= 0.3 is 0 Å². The van der Waals surface area contributed by atoms with Gasteiger partial charge in [0.15, 0.2) is 0 Å². The average molecular weight is 269 g/mol. The van der Waals surface area contributed by atoms with Gasteiger partial charge in [-0.15, -0.1) is 0 Å². The molecule has 1 fully saturated rings. The third-order valence-corrected chi connectivity index (χ3v) is 3.64. The normalized spacial score (nSPS) is 18.2. The Morgan fingerprint density at radius 1 is 1.26 bits per heavy atom. The molecule has 0 aromatic rings. The van der Waals surface area contributed by atoms with E-state index in [9.17, 15) is 9.59 Å². The Kier molecular flexibility index (Phi) is 6.84. The van der Waals surface area contributed by atoms with Gasteiger partial charge in [-0.25, -0.2) is 0 Å². The molecule has 0 aliphatic carbocycles. The average Bonchev–Trinajstić information content (AvgIpc) is 2.44. The Labute approximate surface area is 115 Å². The molecular weight excluding hydrogens is 242 g/mol. The van der Waals surface area contributed by atoms with E-state index in [1.807, 2.05) is 18.7 Å². The Morgan fingerprint density at radius 2 is 1.89 bits per heavy atom. The highest BCUT2D eigenvalue weighted by Gasteiger charge is 2.28. The van der Waals surface area contributed by atoms with Crippen molar-refractivity contribution in [1.29, 1.82) is 0 Å². The standard InChI is InChI=1S/C14H27N3O2/c1-3-5-12(15)14(19)17-9-6-11(7-10-17)13(18)16-8-4-2/h11-12H,3-10,15H2,1-2H3,(H,16,18). The SMILES string of the molecule is CCCNC(=O)C1CCN(C(=O)C(N)CCC)CC1. The van der Waals surface area contributed by atoms with Gasteiger partial charge < -0.3 is 16.0 Å². The van der Waals surface area contributed by atoms with Crippen LogP contribution in [0.15, 0.2) is 0 Å². The zero-order valence-corrected chi connectivity index (χ0v) is 12.2. The van der Waals surface area contributed by atoms with Gasteiger partial charge in [0.1, 0.15) is 0 Å². The predicted octanol–water partition coefficient (Wildman–Crippen LogP) is 0.879. The number of nitrogens with two attached hydrogens (primary N) is 1. The first kappa shape index (κ1) is 16.0. The topological polar surface area (TPSA) is 75.4 Å². The second kappa shape index (κ2) is 8.15. The molecule has 0 saturated carbocycles. The maximum absolute atomic E-state index is 12.0. The number of piperidine rings is 1. The molecule has 1 heterocycles. The van der Waals surface area contributed by atoms with Crippen LogP contribution in [-0.4, -0.2) is 42.4 Å². The minimum Gasteiger partial charge on any atom is -0.356 e. The first-order chi connectivity index (χ1) is 9.10. The van der Waals surface area contributed by atoms with Crippen molar-refractivity contribution in [3.8, 4) is 0 Å². The molecule has 0 aromatic carbocycles. The van der Waals surface area contributed by atoms with Crippen LogP contribution in [0.2, 0.25) is 0 Å². The molecule has 3 N–H and O–H groups in total. The molecule has 5 heteroatoms. The van der Waals surface area contributed by atoms with E-state index in [2.05, 4.69) is 5.32 Å². The molecule has 5 nitrogen and oxygen atoms in total. The number of hydrogen-bond donors (Lipinski definition) is 2. The number of nitrogens with zero attached hydrogens (tertiary/aromatic N) is 1. The molecule has 19 heavy (non-hydrogen) atoms. The van der Waals surface area contributed by atoms with Gasteiger partial charge in [0.05, 0.1) is 6.04 Å². The number of likely N-dealkylation sites (tertiary alicyclic amines) is 1. The number of carbonyl (C=O) groups excluding carboxylic acids is 2. The molecule has 0 spiro atoms. The molecular formula is C14H27N3O2. The fraction of sp³-hybridized carbons (Fsp3) is 0.857. The van der Waals surface area contributed by atoms with Crippen LogP contribution in [-0.2, 0) is 9.59 Å². The van der Waals surface area contributed by atoms with Crippen LogP contribution >= 0.6 is 0 Å². The van der Waals surface area contributed by atoms with Gasteiger partial charge in [-0.2, -0.15) is 0 Å². The monoisotopic (exact) mass is 269 g/mol.